The SMILES string of the molecule is CN(Cc1cccnc1)CC1CC2(CCN(C(=O)Cc3ccc(O)cc3)CC2)CO1. The minimum atomic E-state index is 0.169. The van der Waals surface area contributed by atoms with Crippen molar-refractivity contribution in [1.29, 1.82) is 0 Å². The minimum Gasteiger partial charge on any atom is -0.508 e. The van der Waals surface area contributed by atoms with Gasteiger partial charge in [0.25, 0.3) is 0 Å². The molecule has 2 fully saturated rings. The Bertz CT molecular complexity index is 833. The molecule has 1 aromatic carbocycles. The topological polar surface area (TPSA) is 65.9 Å². The summed E-state index contributed by atoms with van der Waals surface area (Å²) in [7, 11) is 2.13. The number of benzene rings is 1. The van der Waals surface area contributed by atoms with Gasteiger partial charge < -0.3 is 14.7 Å². The van der Waals surface area contributed by atoms with E-state index < -0.39 is 0 Å². The Kier molecular flexibility index (Phi) is 6.35. The van der Waals surface area contributed by atoms with E-state index in [2.05, 4.69) is 23.0 Å². The summed E-state index contributed by atoms with van der Waals surface area (Å²) < 4.78 is 6.17. The summed E-state index contributed by atoms with van der Waals surface area (Å²) in [6.07, 6.45) is 7.46. The number of phenolic OH excluding ortho intramolecular Hbond substituents is 1. The average Bonchev–Trinajstić information content (AvgIpc) is 3.12. The molecule has 3 heterocycles. The van der Waals surface area contributed by atoms with Gasteiger partial charge >= 0.3 is 0 Å². The van der Waals surface area contributed by atoms with Crippen LogP contribution in [0.1, 0.15) is 30.4 Å². The van der Waals surface area contributed by atoms with E-state index in [9.17, 15) is 9.90 Å². The predicted octanol–water partition coefficient (Wildman–Crippen LogP) is 2.86. The molecule has 1 unspecified atom stereocenters. The zero-order valence-corrected chi connectivity index (χ0v) is 17.7. The fourth-order valence-corrected chi connectivity index (χ4v) is 4.71. The van der Waals surface area contributed by atoms with Crippen molar-refractivity contribution in [3.05, 3.63) is 59.9 Å². The minimum absolute atomic E-state index is 0.169. The van der Waals surface area contributed by atoms with Crippen LogP contribution in [0.4, 0.5) is 0 Å². The highest BCUT2D eigenvalue weighted by molar-refractivity contribution is 5.78. The molecule has 0 bridgehead atoms. The first-order valence-electron chi connectivity index (χ1n) is 10.8. The summed E-state index contributed by atoms with van der Waals surface area (Å²) in [5.41, 5.74) is 2.38. The van der Waals surface area contributed by atoms with E-state index in [0.717, 1.165) is 57.6 Å². The Morgan fingerprint density at radius 2 is 2.00 bits per heavy atom. The van der Waals surface area contributed by atoms with Crippen LogP contribution in [0.25, 0.3) is 0 Å². The third kappa shape index (κ3) is 5.18. The van der Waals surface area contributed by atoms with Crippen LogP contribution in [-0.2, 0) is 22.5 Å². The van der Waals surface area contributed by atoms with Gasteiger partial charge in [-0.25, -0.2) is 0 Å². The molecule has 0 radical (unpaired) electrons. The number of carbonyl (C=O) groups excluding carboxylic acids is 1. The first-order chi connectivity index (χ1) is 14.5. The highest BCUT2D eigenvalue weighted by atomic mass is 16.5. The molecule has 2 aromatic rings. The molecule has 6 heteroatoms. The summed E-state index contributed by atoms with van der Waals surface area (Å²) in [5, 5.41) is 9.39. The summed E-state index contributed by atoms with van der Waals surface area (Å²) in [6.45, 7) is 4.20. The van der Waals surface area contributed by atoms with Crippen molar-refractivity contribution >= 4 is 5.91 Å². The first kappa shape index (κ1) is 20.8. The molecule has 2 aliphatic heterocycles. The van der Waals surface area contributed by atoms with Gasteiger partial charge in [0, 0.05) is 38.6 Å². The molecule has 1 N–H and O–H groups in total. The van der Waals surface area contributed by atoms with Gasteiger partial charge in [-0.1, -0.05) is 18.2 Å². The number of aromatic nitrogens is 1. The fraction of sp³-hybridized carbons (Fsp3) is 0.500. The number of hydrogen-bond acceptors (Lipinski definition) is 5. The second-order valence-corrected chi connectivity index (χ2v) is 8.92. The van der Waals surface area contributed by atoms with E-state index in [1.165, 1.54) is 5.56 Å². The lowest BCUT2D eigenvalue weighted by atomic mass is 9.76. The van der Waals surface area contributed by atoms with Crippen molar-refractivity contribution < 1.29 is 14.6 Å². The van der Waals surface area contributed by atoms with Crippen LogP contribution in [-0.4, -0.2) is 65.2 Å². The van der Waals surface area contributed by atoms with E-state index in [-0.39, 0.29) is 23.2 Å². The third-order valence-electron chi connectivity index (χ3n) is 6.44. The number of carbonyl (C=O) groups is 1. The van der Waals surface area contributed by atoms with Gasteiger partial charge in [-0.2, -0.15) is 0 Å². The van der Waals surface area contributed by atoms with Gasteiger partial charge in [0.2, 0.25) is 5.91 Å². The second kappa shape index (κ2) is 9.14. The Morgan fingerprint density at radius 3 is 2.70 bits per heavy atom. The predicted molar refractivity (Wildman–Crippen MR) is 115 cm³/mol. The second-order valence-electron chi connectivity index (χ2n) is 8.92. The van der Waals surface area contributed by atoms with Crippen LogP contribution in [0.15, 0.2) is 48.8 Å². The number of hydrogen-bond donors (Lipinski definition) is 1. The molecule has 2 saturated heterocycles. The number of nitrogens with zero attached hydrogens (tertiary/aromatic N) is 3. The Hall–Kier alpha value is -2.44. The van der Waals surface area contributed by atoms with Crippen LogP contribution < -0.4 is 0 Å². The van der Waals surface area contributed by atoms with E-state index in [4.69, 9.17) is 4.74 Å². The Morgan fingerprint density at radius 1 is 1.23 bits per heavy atom. The maximum Gasteiger partial charge on any atom is 0.226 e. The van der Waals surface area contributed by atoms with E-state index in [0.29, 0.717) is 6.42 Å². The smallest absolute Gasteiger partial charge is 0.226 e. The van der Waals surface area contributed by atoms with Crippen LogP contribution in [0.2, 0.25) is 0 Å². The maximum absolute atomic E-state index is 12.7. The molecule has 2 aliphatic rings. The zero-order chi connectivity index (χ0) is 21.0. The van der Waals surface area contributed by atoms with Gasteiger partial charge in [0.15, 0.2) is 0 Å². The quantitative estimate of drug-likeness (QED) is 0.795. The van der Waals surface area contributed by atoms with Crippen molar-refractivity contribution in [3.63, 3.8) is 0 Å². The zero-order valence-electron chi connectivity index (χ0n) is 17.7. The number of ether oxygens (including phenoxy) is 1. The molecule has 1 aromatic heterocycles. The number of rotatable bonds is 6. The van der Waals surface area contributed by atoms with E-state index >= 15 is 0 Å². The third-order valence-corrected chi connectivity index (χ3v) is 6.44. The van der Waals surface area contributed by atoms with Gasteiger partial charge in [-0.05, 0) is 61.1 Å². The number of phenols is 1. The van der Waals surface area contributed by atoms with Gasteiger partial charge in [0.1, 0.15) is 5.75 Å². The Labute approximate surface area is 178 Å². The summed E-state index contributed by atoms with van der Waals surface area (Å²) >= 11 is 0. The number of likely N-dealkylation sites (tertiary alicyclic amines) is 1. The molecule has 30 heavy (non-hydrogen) atoms. The van der Waals surface area contributed by atoms with Crippen molar-refractivity contribution in [2.45, 2.75) is 38.3 Å². The van der Waals surface area contributed by atoms with Crippen LogP contribution in [0.5, 0.6) is 5.75 Å². The molecule has 1 spiro atoms. The average molecular weight is 410 g/mol. The Balaban J connectivity index is 1.23. The standard InChI is InChI=1S/C24H31N3O3/c1-26(16-20-3-2-10-25-15-20)17-22-14-24(18-30-22)8-11-27(12-9-24)23(29)13-19-4-6-21(28)7-5-19/h2-7,10,15,22,28H,8-9,11-14,16-18H2,1H3. The van der Waals surface area contributed by atoms with E-state index in [1.807, 2.05) is 29.3 Å². The number of piperidine rings is 1. The molecule has 160 valence electrons. The summed E-state index contributed by atoms with van der Waals surface area (Å²) in [5.74, 6) is 0.398. The van der Waals surface area contributed by atoms with Crippen LogP contribution in [0.3, 0.4) is 0 Å². The number of likely N-dealkylation sites (N-methyl/N-ethyl adjacent to an activating group) is 1. The van der Waals surface area contributed by atoms with Gasteiger partial charge in [-0.15, -0.1) is 0 Å². The lowest BCUT2D eigenvalue weighted by molar-refractivity contribution is -0.132. The molecule has 1 amide bonds. The molecular formula is C24H31N3O3. The summed E-state index contributed by atoms with van der Waals surface area (Å²) in [4.78, 5) is 21.1. The fourth-order valence-electron chi connectivity index (χ4n) is 4.71. The highest BCUT2D eigenvalue weighted by Gasteiger charge is 2.43. The van der Waals surface area contributed by atoms with E-state index in [1.54, 1.807) is 18.3 Å². The lowest BCUT2D eigenvalue weighted by Gasteiger charge is -2.38. The van der Waals surface area contributed by atoms with Gasteiger partial charge in [0.05, 0.1) is 19.1 Å². The van der Waals surface area contributed by atoms with Crippen molar-refractivity contribution in [2.24, 2.45) is 5.41 Å². The molecule has 0 aliphatic carbocycles. The van der Waals surface area contributed by atoms with Crippen LogP contribution >= 0.6 is 0 Å². The molecule has 4 rings (SSSR count). The van der Waals surface area contributed by atoms with Crippen molar-refractivity contribution in [3.8, 4) is 5.75 Å². The number of pyridine rings is 1. The number of aromatic hydroxyl groups is 1. The molecule has 1 atom stereocenters. The van der Waals surface area contributed by atoms with Crippen molar-refractivity contribution in [2.75, 3.05) is 33.3 Å². The largest absolute Gasteiger partial charge is 0.508 e. The monoisotopic (exact) mass is 409 g/mol. The first-order valence-corrected chi connectivity index (χ1v) is 10.8. The van der Waals surface area contributed by atoms with Crippen LogP contribution in [0, 0.1) is 5.41 Å². The maximum atomic E-state index is 12.7. The molecular weight excluding hydrogens is 378 g/mol. The highest BCUT2D eigenvalue weighted by Crippen LogP contribution is 2.42. The van der Waals surface area contributed by atoms with Crippen molar-refractivity contribution in [1.82, 2.24) is 14.8 Å². The molecule has 6 nitrogen and oxygen atoms in total. The normalized spacial score (nSPS) is 20.7. The molecule has 0 saturated carbocycles. The summed E-state index contributed by atoms with van der Waals surface area (Å²) in [6, 6.07) is 11.0. The lowest BCUT2D eigenvalue weighted by Crippen LogP contribution is -2.44. The van der Waals surface area contributed by atoms with Gasteiger partial charge in [-0.3, -0.25) is 14.7 Å². The number of amides is 1.